The third-order valence-corrected chi connectivity index (χ3v) is 9.62. The molecule has 3 heterocycles. The van der Waals surface area contributed by atoms with Crippen LogP contribution >= 0.6 is 0 Å². The molecular formula is C44H29N3. The predicted molar refractivity (Wildman–Crippen MR) is 197 cm³/mol. The van der Waals surface area contributed by atoms with Crippen LogP contribution in [0, 0.1) is 0 Å². The summed E-state index contributed by atoms with van der Waals surface area (Å²) >= 11 is 0. The maximum Gasteiger partial charge on any atom is 0.0562 e. The van der Waals surface area contributed by atoms with E-state index < -0.39 is 0 Å². The van der Waals surface area contributed by atoms with Gasteiger partial charge in [-0.15, -0.1) is 0 Å². The third kappa shape index (κ3) is 3.93. The van der Waals surface area contributed by atoms with E-state index in [9.17, 15) is 0 Å². The zero-order valence-electron chi connectivity index (χ0n) is 25.6. The van der Waals surface area contributed by atoms with Crippen LogP contribution in [0.1, 0.15) is 0 Å². The average molecular weight is 600 g/mol. The first-order chi connectivity index (χ1) is 23.3. The molecule has 0 fully saturated rings. The number of nitrogens with zero attached hydrogens (tertiary/aromatic N) is 3. The number of fused-ring (bicyclic) bond motifs is 7. The van der Waals surface area contributed by atoms with Crippen LogP contribution in [0.25, 0.3) is 82.7 Å². The van der Waals surface area contributed by atoms with Gasteiger partial charge in [-0.2, -0.15) is 0 Å². The first-order valence-electron chi connectivity index (χ1n) is 16.1. The Balaban J connectivity index is 1.32. The molecule has 3 aromatic heterocycles. The lowest BCUT2D eigenvalue weighted by atomic mass is 10.0. The number of para-hydroxylation sites is 4. The summed E-state index contributed by atoms with van der Waals surface area (Å²) in [6.45, 7) is 0. The lowest BCUT2D eigenvalue weighted by molar-refractivity contribution is 1.12. The molecule has 0 bridgehead atoms. The van der Waals surface area contributed by atoms with Crippen molar-refractivity contribution in [3.05, 3.63) is 176 Å². The zero-order valence-corrected chi connectivity index (χ0v) is 25.6. The predicted octanol–water partition coefficient (Wildman–Crippen LogP) is 11.5. The molecule has 10 rings (SSSR count). The number of benzene rings is 7. The van der Waals surface area contributed by atoms with E-state index >= 15 is 0 Å². The molecule has 0 aliphatic heterocycles. The van der Waals surface area contributed by atoms with Crippen LogP contribution in [-0.2, 0) is 0 Å². The molecule has 220 valence electrons. The van der Waals surface area contributed by atoms with Crippen molar-refractivity contribution in [2.24, 2.45) is 0 Å². The summed E-state index contributed by atoms with van der Waals surface area (Å²) in [4.78, 5) is 0. The fraction of sp³-hybridized carbons (Fsp3) is 0. The van der Waals surface area contributed by atoms with Gasteiger partial charge >= 0.3 is 0 Å². The smallest absolute Gasteiger partial charge is 0.0562 e. The lowest BCUT2D eigenvalue weighted by Gasteiger charge is -2.16. The van der Waals surface area contributed by atoms with E-state index in [2.05, 4.69) is 190 Å². The number of aromatic nitrogens is 3. The van der Waals surface area contributed by atoms with Crippen LogP contribution < -0.4 is 0 Å². The molecule has 47 heavy (non-hydrogen) atoms. The van der Waals surface area contributed by atoms with Crippen LogP contribution in [0.2, 0.25) is 0 Å². The van der Waals surface area contributed by atoms with E-state index in [1.165, 1.54) is 65.6 Å². The van der Waals surface area contributed by atoms with Crippen LogP contribution in [0.3, 0.4) is 0 Å². The highest BCUT2D eigenvalue weighted by Crippen LogP contribution is 2.39. The molecule has 0 aliphatic carbocycles. The minimum atomic E-state index is 1.13. The summed E-state index contributed by atoms with van der Waals surface area (Å²) in [6, 6.07) is 61.6. The van der Waals surface area contributed by atoms with Gasteiger partial charge in [0.05, 0.1) is 27.6 Å². The Bertz CT molecular complexity index is 2720. The van der Waals surface area contributed by atoms with Crippen molar-refractivity contribution in [1.82, 2.24) is 13.7 Å². The number of hydrogen-bond acceptors (Lipinski definition) is 0. The van der Waals surface area contributed by atoms with E-state index in [1.807, 2.05) is 0 Å². The standard InChI is InChI=1S/C44H29N3/c1-3-13-30(14-4-1)32-25-34(46-40-20-10-7-17-36(40)37-18-8-11-21-41(37)46)28-35(26-32)47-42-22-12-9-19-38(42)39-27-31-23-24-45(43(31)29-44(39)47)33-15-5-2-6-16-33/h1-29H. The molecule has 0 aliphatic rings. The molecule has 3 heteroatoms. The van der Waals surface area contributed by atoms with E-state index in [-0.39, 0.29) is 0 Å². The van der Waals surface area contributed by atoms with Crippen molar-refractivity contribution in [3.8, 4) is 28.2 Å². The number of rotatable bonds is 4. The molecule has 7 aromatic carbocycles. The van der Waals surface area contributed by atoms with Gasteiger partial charge in [-0.25, -0.2) is 0 Å². The van der Waals surface area contributed by atoms with Gasteiger partial charge in [0.2, 0.25) is 0 Å². The maximum atomic E-state index is 2.45. The Kier molecular flexibility index (Phi) is 5.57. The van der Waals surface area contributed by atoms with E-state index in [0.29, 0.717) is 0 Å². The Hall–Kier alpha value is -6.32. The minimum Gasteiger partial charge on any atom is -0.316 e. The molecule has 3 nitrogen and oxygen atoms in total. The number of hydrogen-bond donors (Lipinski definition) is 0. The topological polar surface area (TPSA) is 14.8 Å². The minimum absolute atomic E-state index is 1.13. The van der Waals surface area contributed by atoms with Gasteiger partial charge in [-0.05, 0) is 77.9 Å². The van der Waals surface area contributed by atoms with Crippen molar-refractivity contribution in [3.63, 3.8) is 0 Å². The van der Waals surface area contributed by atoms with E-state index in [4.69, 9.17) is 0 Å². The molecule has 0 saturated carbocycles. The molecular weight excluding hydrogens is 571 g/mol. The van der Waals surface area contributed by atoms with Gasteiger partial charge in [0.15, 0.2) is 0 Å². The second kappa shape index (κ2) is 10.1. The van der Waals surface area contributed by atoms with Gasteiger partial charge < -0.3 is 13.7 Å². The zero-order chi connectivity index (χ0) is 30.9. The maximum absolute atomic E-state index is 2.45. The second-order valence-electron chi connectivity index (χ2n) is 12.3. The van der Waals surface area contributed by atoms with Crippen molar-refractivity contribution < 1.29 is 0 Å². The van der Waals surface area contributed by atoms with Crippen molar-refractivity contribution in [1.29, 1.82) is 0 Å². The molecule has 0 N–H and O–H groups in total. The molecule has 0 radical (unpaired) electrons. The Labute approximate surface area is 271 Å². The summed E-state index contributed by atoms with van der Waals surface area (Å²) in [5, 5.41) is 6.25. The normalized spacial score (nSPS) is 11.8. The summed E-state index contributed by atoms with van der Waals surface area (Å²) < 4.78 is 7.17. The summed E-state index contributed by atoms with van der Waals surface area (Å²) in [5.74, 6) is 0. The molecule has 0 saturated heterocycles. The summed E-state index contributed by atoms with van der Waals surface area (Å²) in [5.41, 5.74) is 11.8. The summed E-state index contributed by atoms with van der Waals surface area (Å²) in [7, 11) is 0. The van der Waals surface area contributed by atoms with Gasteiger partial charge in [-0.1, -0.05) is 103 Å². The molecule has 0 amide bonds. The van der Waals surface area contributed by atoms with Gasteiger partial charge in [0.1, 0.15) is 0 Å². The fourth-order valence-corrected chi connectivity index (χ4v) is 7.54. The van der Waals surface area contributed by atoms with Gasteiger partial charge in [0.25, 0.3) is 0 Å². The lowest BCUT2D eigenvalue weighted by Crippen LogP contribution is -2.00. The molecule has 0 spiro atoms. The highest BCUT2D eigenvalue weighted by Gasteiger charge is 2.18. The Morgan fingerprint density at radius 2 is 0.809 bits per heavy atom. The van der Waals surface area contributed by atoms with Crippen molar-refractivity contribution in [2.45, 2.75) is 0 Å². The highest BCUT2D eigenvalue weighted by molar-refractivity contribution is 6.14. The Morgan fingerprint density at radius 1 is 0.298 bits per heavy atom. The van der Waals surface area contributed by atoms with Crippen LogP contribution in [-0.4, -0.2) is 13.7 Å². The monoisotopic (exact) mass is 599 g/mol. The van der Waals surface area contributed by atoms with Crippen molar-refractivity contribution in [2.75, 3.05) is 0 Å². The van der Waals surface area contributed by atoms with E-state index in [1.54, 1.807) is 0 Å². The molecule has 10 aromatic rings. The van der Waals surface area contributed by atoms with Gasteiger partial charge in [-0.3, -0.25) is 0 Å². The van der Waals surface area contributed by atoms with Crippen LogP contribution in [0.5, 0.6) is 0 Å². The average Bonchev–Trinajstić information content (AvgIpc) is 3.81. The first-order valence-corrected chi connectivity index (χ1v) is 16.1. The molecule has 0 unspecified atom stereocenters. The first kappa shape index (κ1) is 26.0. The van der Waals surface area contributed by atoms with E-state index in [0.717, 1.165) is 17.1 Å². The molecule has 0 atom stereocenters. The fourth-order valence-electron chi connectivity index (χ4n) is 7.54. The third-order valence-electron chi connectivity index (χ3n) is 9.62. The van der Waals surface area contributed by atoms with Crippen LogP contribution in [0.4, 0.5) is 0 Å². The second-order valence-corrected chi connectivity index (χ2v) is 12.3. The van der Waals surface area contributed by atoms with Crippen molar-refractivity contribution >= 4 is 54.5 Å². The highest BCUT2D eigenvalue weighted by atomic mass is 15.0. The SMILES string of the molecule is c1ccc(-c2cc(-n3c4ccccc4c4ccccc43)cc(-n3c4ccccc4c4cc5ccn(-c6ccccc6)c5cc43)c2)cc1. The summed E-state index contributed by atoms with van der Waals surface area (Å²) in [6.07, 6.45) is 2.18. The quantitative estimate of drug-likeness (QED) is 0.191. The largest absolute Gasteiger partial charge is 0.316 e. The Morgan fingerprint density at radius 3 is 1.43 bits per heavy atom. The van der Waals surface area contributed by atoms with Crippen LogP contribution in [0.15, 0.2) is 176 Å². The van der Waals surface area contributed by atoms with Gasteiger partial charge in [0, 0.05) is 50.2 Å².